The Kier molecular flexibility index (Phi) is 11.3. The number of halogens is 1. The zero-order valence-corrected chi connectivity index (χ0v) is 15.1. The highest BCUT2D eigenvalue weighted by atomic mass is 35.5. The molecule has 128 valence electrons. The molecular weight excluding hydrogens is 306 g/mol. The van der Waals surface area contributed by atoms with Crippen molar-refractivity contribution in [3.8, 4) is 0 Å². The van der Waals surface area contributed by atoms with Gasteiger partial charge >= 0.3 is 0 Å². The SMILES string of the molecule is CCCCCCCCCCC(=O)N/C=C\Cc1ccc(Cl)cc1. The number of hydrogen-bond donors (Lipinski definition) is 1. The summed E-state index contributed by atoms with van der Waals surface area (Å²) in [6.07, 6.45) is 15.2. The number of carbonyl (C=O) groups excluding carboxylic acids is 1. The molecule has 2 nitrogen and oxygen atoms in total. The summed E-state index contributed by atoms with van der Waals surface area (Å²) in [6, 6.07) is 7.75. The molecule has 1 aromatic rings. The van der Waals surface area contributed by atoms with E-state index in [1.807, 2.05) is 30.3 Å². The Bertz CT molecular complexity index is 453. The molecule has 1 N–H and O–H groups in total. The molecule has 0 aliphatic heterocycles. The third kappa shape index (κ3) is 11.0. The maximum Gasteiger partial charge on any atom is 0.223 e. The van der Waals surface area contributed by atoms with Gasteiger partial charge in [-0.2, -0.15) is 0 Å². The maximum absolute atomic E-state index is 11.7. The van der Waals surface area contributed by atoms with Gasteiger partial charge in [-0.05, 0) is 30.5 Å². The van der Waals surface area contributed by atoms with Gasteiger partial charge in [-0.25, -0.2) is 0 Å². The van der Waals surface area contributed by atoms with Crippen molar-refractivity contribution in [2.24, 2.45) is 0 Å². The number of rotatable bonds is 12. The van der Waals surface area contributed by atoms with Crippen LogP contribution in [0.2, 0.25) is 5.02 Å². The lowest BCUT2D eigenvalue weighted by molar-refractivity contribution is -0.120. The maximum atomic E-state index is 11.7. The highest BCUT2D eigenvalue weighted by Crippen LogP contribution is 2.10. The average molecular weight is 336 g/mol. The number of amides is 1. The molecule has 3 heteroatoms. The van der Waals surface area contributed by atoms with Crippen LogP contribution in [0.15, 0.2) is 36.5 Å². The molecule has 0 aliphatic carbocycles. The van der Waals surface area contributed by atoms with Crippen LogP contribution < -0.4 is 5.32 Å². The van der Waals surface area contributed by atoms with Crippen molar-refractivity contribution in [3.63, 3.8) is 0 Å². The second kappa shape index (κ2) is 13.2. The van der Waals surface area contributed by atoms with Crippen LogP contribution in [-0.2, 0) is 11.2 Å². The Hall–Kier alpha value is -1.28. The zero-order valence-electron chi connectivity index (χ0n) is 14.3. The first kappa shape index (κ1) is 19.8. The summed E-state index contributed by atoms with van der Waals surface area (Å²) in [5, 5.41) is 3.58. The molecule has 0 heterocycles. The van der Waals surface area contributed by atoms with Crippen molar-refractivity contribution in [1.29, 1.82) is 0 Å². The number of unbranched alkanes of at least 4 members (excludes halogenated alkanes) is 7. The summed E-state index contributed by atoms with van der Waals surface area (Å²) >= 11 is 5.84. The predicted octanol–water partition coefficient (Wildman–Crippen LogP) is 6.04. The molecule has 1 rings (SSSR count). The van der Waals surface area contributed by atoms with Gasteiger partial charge in [0, 0.05) is 17.6 Å². The molecule has 0 aliphatic rings. The Labute approximate surface area is 146 Å². The van der Waals surface area contributed by atoms with Crippen LogP contribution in [-0.4, -0.2) is 5.91 Å². The Morgan fingerprint density at radius 3 is 2.26 bits per heavy atom. The minimum absolute atomic E-state index is 0.114. The number of allylic oxidation sites excluding steroid dienone is 1. The molecule has 0 bridgehead atoms. The van der Waals surface area contributed by atoms with Gasteiger partial charge in [0.25, 0.3) is 0 Å². The first-order valence-electron chi connectivity index (χ1n) is 8.91. The Morgan fingerprint density at radius 2 is 1.61 bits per heavy atom. The van der Waals surface area contributed by atoms with E-state index in [1.165, 1.54) is 44.1 Å². The van der Waals surface area contributed by atoms with E-state index in [2.05, 4.69) is 12.2 Å². The molecular formula is C20H30ClNO. The van der Waals surface area contributed by atoms with E-state index in [4.69, 9.17) is 11.6 Å². The highest BCUT2D eigenvalue weighted by Gasteiger charge is 1.98. The van der Waals surface area contributed by atoms with Gasteiger partial charge in [0.05, 0.1) is 0 Å². The van der Waals surface area contributed by atoms with Gasteiger partial charge in [-0.15, -0.1) is 0 Å². The minimum Gasteiger partial charge on any atom is -0.333 e. The minimum atomic E-state index is 0.114. The summed E-state index contributed by atoms with van der Waals surface area (Å²) in [5.41, 5.74) is 1.18. The molecule has 0 spiro atoms. The van der Waals surface area contributed by atoms with Crippen LogP contribution in [0.1, 0.15) is 70.3 Å². The molecule has 0 saturated carbocycles. The van der Waals surface area contributed by atoms with Crippen LogP contribution in [0.25, 0.3) is 0 Å². The molecule has 1 amide bonds. The van der Waals surface area contributed by atoms with Gasteiger partial charge in [0.15, 0.2) is 0 Å². The fourth-order valence-corrected chi connectivity index (χ4v) is 2.58. The Balaban J connectivity index is 1.99. The van der Waals surface area contributed by atoms with Crippen molar-refractivity contribution < 1.29 is 4.79 Å². The number of hydrogen-bond acceptors (Lipinski definition) is 1. The first-order valence-corrected chi connectivity index (χ1v) is 9.29. The van der Waals surface area contributed by atoms with Crippen LogP contribution in [0.5, 0.6) is 0 Å². The third-order valence-electron chi connectivity index (χ3n) is 3.89. The quantitative estimate of drug-likeness (QED) is 0.463. The largest absolute Gasteiger partial charge is 0.333 e. The van der Waals surface area contributed by atoms with Crippen LogP contribution in [0.4, 0.5) is 0 Å². The van der Waals surface area contributed by atoms with E-state index in [0.717, 1.165) is 24.3 Å². The smallest absolute Gasteiger partial charge is 0.223 e. The molecule has 0 fully saturated rings. The molecule has 0 aromatic heterocycles. The summed E-state index contributed by atoms with van der Waals surface area (Å²) < 4.78 is 0. The van der Waals surface area contributed by atoms with Crippen LogP contribution in [0.3, 0.4) is 0 Å². The lowest BCUT2D eigenvalue weighted by Crippen LogP contribution is -2.16. The number of benzene rings is 1. The number of nitrogens with one attached hydrogen (secondary N) is 1. The molecule has 0 saturated heterocycles. The van der Waals surface area contributed by atoms with E-state index in [9.17, 15) is 4.79 Å². The summed E-state index contributed by atoms with van der Waals surface area (Å²) in [6.45, 7) is 2.24. The molecule has 0 atom stereocenters. The lowest BCUT2D eigenvalue weighted by atomic mass is 10.1. The van der Waals surface area contributed by atoms with Gasteiger partial charge in [-0.1, -0.05) is 81.7 Å². The van der Waals surface area contributed by atoms with E-state index >= 15 is 0 Å². The summed E-state index contributed by atoms with van der Waals surface area (Å²) in [5.74, 6) is 0.114. The van der Waals surface area contributed by atoms with Crippen LogP contribution >= 0.6 is 11.6 Å². The summed E-state index contributed by atoms with van der Waals surface area (Å²) in [7, 11) is 0. The van der Waals surface area contributed by atoms with E-state index in [1.54, 1.807) is 6.20 Å². The van der Waals surface area contributed by atoms with Crippen molar-refractivity contribution >= 4 is 17.5 Å². The fourth-order valence-electron chi connectivity index (χ4n) is 2.46. The molecule has 0 radical (unpaired) electrons. The second-order valence-electron chi connectivity index (χ2n) is 6.03. The van der Waals surface area contributed by atoms with Crippen molar-refractivity contribution in [1.82, 2.24) is 5.32 Å². The molecule has 23 heavy (non-hydrogen) atoms. The summed E-state index contributed by atoms with van der Waals surface area (Å²) in [4.78, 5) is 11.7. The average Bonchev–Trinajstić information content (AvgIpc) is 2.56. The standard InChI is InChI=1S/C20H30ClNO/c1-2-3-4-5-6-7-8-9-12-20(23)22-17-10-11-18-13-15-19(21)16-14-18/h10,13-17H,2-9,11-12H2,1H3,(H,22,23)/b17-10-. The van der Waals surface area contributed by atoms with E-state index in [-0.39, 0.29) is 5.91 Å². The normalized spacial score (nSPS) is 11.0. The van der Waals surface area contributed by atoms with Gasteiger partial charge in [-0.3, -0.25) is 4.79 Å². The predicted molar refractivity (Wildman–Crippen MR) is 99.7 cm³/mol. The highest BCUT2D eigenvalue weighted by molar-refractivity contribution is 6.30. The zero-order chi connectivity index (χ0) is 16.8. The first-order chi connectivity index (χ1) is 11.2. The third-order valence-corrected chi connectivity index (χ3v) is 4.14. The van der Waals surface area contributed by atoms with Crippen molar-refractivity contribution in [3.05, 3.63) is 47.1 Å². The van der Waals surface area contributed by atoms with Gasteiger partial charge in [0.1, 0.15) is 0 Å². The molecule has 0 unspecified atom stereocenters. The van der Waals surface area contributed by atoms with E-state index in [0.29, 0.717) is 6.42 Å². The molecule has 1 aromatic carbocycles. The van der Waals surface area contributed by atoms with Gasteiger partial charge < -0.3 is 5.32 Å². The Morgan fingerprint density at radius 1 is 1.00 bits per heavy atom. The second-order valence-corrected chi connectivity index (χ2v) is 6.46. The van der Waals surface area contributed by atoms with Crippen molar-refractivity contribution in [2.45, 2.75) is 71.1 Å². The number of carbonyl (C=O) groups is 1. The van der Waals surface area contributed by atoms with Crippen molar-refractivity contribution in [2.75, 3.05) is 0 Å². The van der Waals surface area contributed by atoms with Gasteiger partial charge in [0.2, 0.25) is 5.91 Å². The topological polar surface area (TPSA) is 29.1 Å². The fraction of sp³-hybridized carbons (Fsp3) is 0.550. The monoisotopic (exact) mass is 335 g/mol. The van der Waals surface area contributed by atoms with E-state index < -0.39 is 0 Å². The lowest BCUT2D eigenvalue weighted by Gasteiger charge is -2.02. The van der Waals surface area contributed by atoms with Crippen LogP contribution in [0, 0.1) is 0 Å².